The molecule has 2 aromatic rings. The molecule has 0 bridgehead atoms. The van der Waals surface area contributed by atoms with Gasteiger partial charge in [-0.3, -0.25) is 5.10 Å². The Morgan fingerprint density at radius 1 is 1.33 bits per heavy atom. The zero-order valence-electron chi connectivity index (χ0n) is 10.8. The quantitative estimate of drug-likeness (QED) is 0.704. The van der Waals surface area contributed by atoms with Crippen LogP contribution in [0.4, 0.5) is 11.5 Å². The fourth-order valence-corrected chi connectivity index (χ4v) is 1.76. The average Bonchev–Trinajstić information content (AvgIpc) is 2.75. The summed E-state index contributed by atoms with van der Waals surface area (Å²) in [7, 11) is 0. The lowest BCUT2D eigenvalue weighted by Crippen LogP contribution is -2.05. The van der Waals surface area contributed by atoms with Crippen molar-refractivity contribution in [1.82, 2.24) is 15.2 Å². The number of rotatable bonds is 5. The molecule has 0 amide bonds. The average molecular weight is 245 g/mol. The number of aromatic nitrogens is 3. The summed E-state index contributed by atoms with van der Waals surface area (Å²) in [5.74, 6) is 0.835. The number of H-pyrrole nitrogens is 1. The van der Waals surface area contributed by atoms with E-state index >= 15 is 0 Å². The van der Waals surface area contributed by atoms with Gasteiger partial charge in [0.25, 0.3) is 0 Å². The lowest BCUT2D eigenvalue weighted by atomic mass is 10.1. The van der Waals surface area contributed by atoms with Crippen molar-refractivity contribution in [3.63, 3.8) is 0 Å². The van der Waals surface area contributed by atoms with E-state index in [0.29, 0.717) is 0 Å². The van der Waals surface area contributed by atoms with Gasteiger partial charge in [0.05, 0.1) is 6.20 Å². The van der Waals surface area contributed by atoms with Gasteiger partial charge in [-0.05, 0) is 37.8 Å². The third-order valence-electron chi connectivity index (χ3n) is 3.01. The van der Waals surface area contributed by atoms with Gasteiger partial charge in [0.15, 0.2) is 0 Å². The Bertz CT molecular complexity index is 518. The molecule has 0 atom stereocenters. The minimum Gasteiger partial charge on any atom is -0.398 e. The molecule has 0 radical (unpaired) electrons. The summed E-state index contributed by atoms with van der Waals surface area (Å²) >= 11 is 0. The first-order valence-corrected chi connectivity index (χ1v) is 6.11. The smallest absolute Gasteiger partial charge is 0.127 e. The van der Waals surface area contributed by atoms with Crippen molar-refractivity contribution < 1.29 is 0 Å². The van der Waals surface area contributed by atoms with E-state index in [1.54, 1.807) is 6.20 Å². The SMILES string of the molecule is Cc1cnc(NCCCc2cn[nH]c2C)cc1N. The molecule has 0 fully saturated rings. The van der Waals surface area contributed by atoms with Crippen molar-refractivity contribution in [2.45, 2.75) is 26.7 Å². The molecule has 5 nitrogen and oxygen atoms in total. The van der Waals surface area contributed by atoms with Gasteiger partial charge < -0.3 is 11.1 Å². The van der Waals surface area contributed by atoms with Crippen LogP contribution in [0, 0.1) is 13.8 Å². The van der Waals surface area contributed by atoms with Gasteiger partial charge in [0, 0.05) is 30.2 Å². The Morgan fingerprint density at radius 2 is 2.17 bits per heavy atom. The molecule has 4 N–H and O–H groups in total. The molecule has 0 saturated heterocycles. The minimum absolute atomic E-state index is 0.776. The summed E-state index contributed by atoms with van der Waals surface area (Å²) in [6.07, 6.45) is 5.72. The zero-order chi connectivity index (χ0) is 13.0. The van der Waals surface area contributed by atoms with Gasteiger partial charge in [0.2, 0.25) is 0 Å². The fraction of sp³-hybridized carbons (Fsp3) is 0.385. The summed E-state index contributed by atoms with van der Waals surface area (Å²) in [5.41, 5.74) is 10.0. The van der Waals surface area contributed by atoms with E-state index in [1.165, 1.54) is 5.56 Å². The summed E-state index contributed by atoms with van der Waals surface area (Å²) in [4.78, 5) is 4.28. The minimum atomic E-state index is 0.776. The molecular formula is C13H19N5. The highest BCUT2D eigenvalue weighted by atomic mass is 15.1. The maximum Gasteiger partial charge on any atom is 0.127 e. The molecule has 2 aromatic heterocycles. The molecule has 0 saturated carbocycles. The van der Waals surface area contributed by atoms with Crippen LogP contribution in [0.25, 0.3) is 0 Å². The van der Waals surface area contributed by atoms with Crippen molar-refractivity contribution in [1.29, 1.82) is 0 Å². The van der Waals surface area contributed by atoms with Gasteiger partial charge in [-0.2, -0.15) is 5.10 Å². The van der Waals surface area contributed by atoms with Crippen molar-refractivity contribution in [2.24, 2.45) is 0 Å². The van der Waals surface area contributed by atoms with Crippen LogP contribution in [0.5, 0.6) is 0 Å². The summed E-state index contributed by atoms with van der Waals surface area (Å²) in [6.45, 7) is 4.87. The fourth-order valence-electron chi connectivity index (χ4n) is 1.76. The largest absolute Gasteiger partial charge is 0.398 e. The molecule has 5 heteroatoms. The van der Waals surface area contributed by atoms with Gasteiger partial charge >= 0.3 is 0 Å². The van der Waals surface area contributed by atoms with Crippen molar-refractivity contribution in [3.05, 3.63) is 35.3 Å². The van der Waals surface area contributed by atoms with Gasteiger partial charge in [-0.15, -0.1) is 0 Å². The number of nitrogens with one attached hydrogen (secondary N) is 2. The second-order valence-electron chi connectivity index (χ2n) is 4.48. The predicted molar refractivity (Wildman–Crippen MR) is 73.5 cm³/mol. The highest BCUT2D eigenvalue weighted by Crippen LogP contribution is 2.13. The van der Waals surface area contributed by atoms with Crippen LogP contribution in [-0.4, -0.2) is 21.7 Å². The van der Waals surface area contributed by atoms with Crippen molar-refractivity contribution in [2.75, 3.05) is 17.6 Å². The maximum absolute atomic E-state index is 5.83. The molecule has 0 unspecified atom stereocenters. The van der Waals surface area contributed by atoms with Crippen molar-refractivity contribution in [3.8, 4) is 0 Å². The monoisotopic (exact) mass is 245 g/mol. The van der Waals surface area contributed by atoms with E-state index in [1.807, 2.05) is 26.1 Å². The number of hydrogen-bond donors (Lipinski definition) is 3. The number of nitrogens with two attached hydrogens (primary N) is 1. The first kappa shape index (κ1) is 12.4. The normalized spacial score (nSPS) is 10.6. The van der Waals surface area contributed by atoms with Crippen LogP contribution >= 0.6 is 0 Å². The van der Waals surface area contributed by atoms with Gasteiger partial charge in [-0.25, -0.2) is 4.98 Å². The van der Waals surface area contributed by atoms with Gasteiger partial charge in [-0.1, -0.05) is 0 Å². The Morgan fingerprint density at radius 3 is 2.83 bits per heavy atom. The number of nitrogen functional groups attached to an aromatic ring is 1. The Balaban J connectivity index is 1.78. The molecule has 96 valence electrons. The molecule has 2 rings (SSSR count). The third-order valence-corrected chi connectivity index (χ3v) is 3.01. The molecule has 0 aliphatic rings. The predicted octanol–water partition coefficient (Wildman–Crippen LogP) is 2.05. The lowest BCUT2D eigenvalue weighted by molar-refractivity contribution is 0.853. The third kappa shape index (κ3) is 3.00. The van der Waals surface area contributed by atoms with Crippen LogP contribution in [0.2, 0.25) is 0 Å². The number of anilines is 2. The highest BCUT2D eigenvalue weighted by Gasteiger charge is 2.01. The number of nitrogens with zero attached hydrogens (tertiary/aromatic N) is 2. The van der Waals surface area contributed by atoms with E-state index in [4.69, 9.17) is 5.73 Å². The van der Waals surface area contributed by atoms with E-state index in [2.05, 4.69) is 20.5 Å². The van der Waals surface area contributed by atoms with E-state index in [9.17, 15) is 0 Å². The highest BCUT2D eigenvalue weighted by molar-refractivity contribution is 5.53. The summed E-state index contributed by atoms with van der Waals surface area (Å²) in [5, 5.41) is 10.2. The topological polar surface area (TPSA) is 79.6 Å². The van der Waals surface area contributed by atoms with Crippen molar-refractivity contribution >= 4 is 11.5 Å². The Hall–Kier alpha value is -2.04. The first-order valence-electron chi connectivity index (χ1n) is 6.11. The maximum atomic E-state index is 5.83. The van der Waals surface area contributed by atoms with Crippen LogP contribution in [-0.2, 0) is 6.42 Å². The summed E-state index contributed by atoms with van der Waals surface area (Å²) < 4.78 is 0. The molecule has 0 aliphatic carbocycles. The second kappa shape index (κ2) is 5.53. The van der Waals surface area contributed by atoms with Crippen LogP contribution in [0.3, 0.4) is 0 Å². The second-order valence-corrected chi connectivity index (χ2v) is 4.48. The number of aryl methyl sites for hydroxylation is 3. The van der Waals surface area contributed by atoms with E-state index in [-0.39, 0.29) is 0 Å². The Labute approximate surface area is 107 Å². The standard InChI is InChI=1S/C13H19N5/c1-9-7-16-13(6-12(9)14)15-5-3-4-11-8-17-18-10(11)2/h6-8H,3-5H2,1-2H3,(H,17,18)(H3,14,15,16). The number of aromatic amines is 1. The molecule has 0 aromatic carbocycles. The molecular weight excluding hydrogens is 226 g/mol. The number of pyridine rings is 1. The zero-order valence-corrected chi connectivity index (χ0v) is 10.8. The molecule has 2 heterocycles. The van der Waals surface area contributed by atoms with E-state index in [0.717, 1.165) is 42.1 Å². The lowest BCUT2D eigenvalue weighted by Gasteiger charge is -2.07. The molecule has 0 spiro atoms. The molecule has 0 aliphatic heterocycles. The van der Waals surface area contributed by atoms with E-state index < -0.39 is 0 Å². The van der Waals surface area contributed by atoms with Gasteiger partial charge in [0.1, 0.15) is 5.82 Å². The Kier molecular flexibility index (Phi) is 3.82. The molecule has 18 heavy (non-hydrogen) atoms. The number of hydrogen-bond acceptors (Lipinski definition) is 4. The van der Waals surface area contributed by atoms with Crippen LogP contribution in [0.1, 0.15) is 23.2 Å². The van der Waals surface area contributed by atoms with Crippen LogP contribution in [0.15, 0.2) is 18.5 Å². The van der Waals surface area contributed by atoms with Crippen LogP contribution < -0.4 is 11.1 Å². The summed E-state index contributed by atoms with van der Waals surface area (Å²) in [6, 6.07) is 1.87. The first-order chi connectivity index (χ1) is 8.66.